The van der Waals surface area contributed by atoms with Gasteiger partial charge in [-0.3, -0.25) is 0 Å². The Labute approximate surface area is 82.2 Å². The number of rotatable bonds is 1. The van der Waals surface area contributed by atoms with Crippen molar-refractivity contribution in [3.63, 3.8) is 0 Å². The molecule has 1 aliphatic rings. The summed E-state index contributed by atoms with van der Waals surface area (Å²) in [6.07, 6.45) is 0. The highest BCUT2D eigenvalue weighted by atomic mass is 16.3. The number of amides is 2. The molecule has 14 heavy (non-hydrogen) atoms. The number of nitrogens with one attached hydrogen (secondary N) is 1. The first kappa shape index (κ1) is 8.87. The highest BCUT2D eigenvalue weighted by Crippen LogP contribution is 2.20. The predicted octanol–water partition coefficient (Wildman–Crippen LogP) is 1.09. The number of aromatic hydroxyl groups is 1. The van der Waals surface area contributed by atoms with Gasteiger partial charge in [-0.1, -0.05) is 12.1 Å². The molecule has 1 aromatic carbocycles. The largest absolute Gasteiger partial charge is 0.508 e. The lowest BCUT2D eigenvalue weighted by molar-refractivity contribution is 0.226. The van der Waals surface area contributed by atoms with Crippen LogP contribution in [-0.4, -0.2) is 29.6 Å². The van der Waals surface area contributed by atoms with Crippen molar-refractivity contribution in [3.05, 3.63) is 29.8 Å². The summed E-state index contributed by atoms with van der Waals surface area (Å²) in [4.78, 5) is 12.8. The normalized spacial score (nSPS) is 21.1. The van der Waals surface area contributed by atoms with Gasteiger partial charge < -0.3 is 15.3 Å². The van der Waals surface area contributed by atoms with Gasteiger partial charge in [0.25, 0.3) is 0 Å². The van der Waals surface area contributed by atoms with Crippen LogP contribution in [0.4, 0.5) is 4.79 Å². The molecular weight excluding hydrogens is 180 g/mol. The van der Waals surface area contributed by atoms with E-state index in [0.717, 1.165) is 5.56 Å². The van der Waals surface area contributed by atoms with Crippen LogP contribution in [0.2, 0.25) is 0 Å². The molecule has 0 bridgehead atoms. The molecule has 74 valence electrons. The Morgan fingerprint density at radius 3 is 2.57 bits per heavy atom. The van der Waals surface area contributed by atoms with E-state index >= 15 is 0 Å². The summed E-state index contributed by atoms with van der Waals surface area (Å²) in [5.74, 6) is 0.242. The molecule has 1 saturated heterocycles. The molecule has 1 fully saturated rings. The van der Waals surface area contributed by atoms with Crippen molar-refractivity contribution in [3.8, 4) is 5.75 Å². The van der Waals surface area contributed by atoms with Gasteiger partial charge in [-0.15, -0.1) is 0 Å². The van der Waals surface area contributed by atoms with Gasteiger partial charge in [0.1, 0.15) is 5.75 Å². The molecular formula is C10H12N2O2. The monoisotopic (exact) mass is 192 g/mol. The van der Waals surface area contributed by atoms with Crippen LogP contribution in [0.15, 0.2) is 24.3 Å². The van der Waals surface area contributed by atoms with Crippen molar-refractivity contribution < 1.29 is 9.90 Å². The van der Waals surface area contributed by atoms with Crippen LogP contribution in [0.5, 0.6) is 5.75 Å². The Morgan fingerprint density at radius 1 is 1.43 bits per heavy atom. The van der Waals surface area contributed by atoms with E-state index in [0.29, 0.717) is 6.54 Å². The minimum absolute atomic E-state index is 0.0353. The second-order valence-corrected chi connectivity index (χ2v) is 3.47. The fourth-order valence-corrected chi connectivity index (χ4v) is 1.56. The number of carbonyl (C=O) groups excluding carboxylic acids is 1. The van der Waals surface area contributed by atoms with Crippen LogP contribution in [-0.2, 0) is 0 Å². The van der Waals surface area contributed by atoms with E-state index in [2.05, 4.69) is 5.32 Å². The smallest absolute Gasteiger partial charge is 0.317 e. The van der Waals surface area contributed by atoms with E-state index in [1.54, 1.807) is 24.1 Å². The van der Waals surface area contributed by atoms with Gasteiger partial charge in [0, 0.05) is 13.6 Å². The zero-order valence-corrected chi connectivity index (χ0v) is 7.90. The van der Waals surface area contributed by atoms with Gasteiger partial charge in [0.05, 0.1) is 6.04 Å². The quantitative estimate of drug-likeness (QED) is 0.699. The molecule has 4 nitrogen and oxygen atoms in total. The van der Waals surface area contributed by atoms with Crippen molar-refractivity contribution in [1.29, 1.82) is 0 Å². The zero-order chi connectivity index (χ0) is 10.1. The van der Waals surface area contributed by atoms with Crippen molar-refractivity contribution in [2.45, 2.75) is 6.04 Å². The highest BCUT2D eigenvalue weighted by molar-refractivity contribution is 5.76. The molecule has 4 heteroatoms. The van der Waals surface area contributed by atoms with Crippen molar-refractivity contribution in [1.82, 2.24) is 10.2 Å². The Hall–Kier alpha value is -1.71. The number of phenolic OH excluding ortho intramolecular Hbond substituents is 1. The van der Waals surface area contributed by atoms with E-state index in [1.165, 1.54) is 0 Å². The molecule has 1 atom stereocenters. The van der Waals surface area contributed by atoms with Crippen LogP contribution in [0.3, 0.4) is 0 Å². The summed E-state index contributed by atoms with van der Waals surface area (Å²) in [5, 5.41) is 12.0. The first-order valence-electron chi connectivity index (χ1n) is 4.47. The first-order valence-corrected chi connectivity index (χ1v) is 4.47. The van der Waals surface area contributed by atoms with E-state index < -0.39 is 0 Å². The maximum Gasteiger partial charge on any atom is 0.317 e. The average molecular weight is 192 g/mol. The Kier molecular flexibility index (Phi) is 2.04. The molecule has 1 heterocycles. The third-order valence-electron chi connectivity index (χ3n) is 2.40. The zero-order valence-electron chi connectivity index (χ0n) is 7.90. The van der Waals surface area contributed by atoms with Crippen LogP contribution in [0.25, 0.3) is 0 Å². The molecule has 0 radical (unpaired) electrons. The number of hydrogen-bond donors (Lipinski definition) is 2. The molecule has 0 spiro atoms. The number of benzene rings is 1. The van der Waals surface area contributed by atoms with Crippen LogP contribution in [0, 0.1) is 0 Å². The van der Waals surface area contributed by atoms with Gasteiger partial charge in [-0.2, -0.15) is 0 Å². The van der Waals surface area contributed by atoms with Gasteiger partial charge in [-0.25, -0.2) is 4.79 Å². The van der Waals surface area contributed by atoms with E-state index in [4.69, 9.17) is 5.11 Å². The van der Waals surface area contributed by atoms with Crippen molar-refractivity contribution in [2.75, 3.05) is 13.6 Å². The Morgan fingerprint density at radius 2 is 2.07 bits per heavy atom. The second kappa shape index (κ2) is 3.21. The highest BCUT2D eigenvalue weighted by Gasteiger charge is 2.26. The number of nitrogens with zero attached hydrogens (tertiary/aromatic N) is 1. The van der Waals surface area contributed by atoms with Gasteiger partial charge in [0.15, 0.2) is 0 Å². The molecule has 1 aromatic rings. The topological polar surface area (TPSA) is 52.6 Å². The lowest BCUT2D eigenvalue weighted by Crippen LogP contribution is -2.23. The lowest BCUT2D eigenvalue weighted by Gasteiger charge is -2.09. The second-order valence-electron chi connectivity index (χ2n) is 3.47. The molecule has 0 aliphatic carbocycles. The number of carbonyl (C=O) groups is 1. The SMILES string of the molecule is CN1CC(c2ccc(O)cc2)NC1=O. The molecule has 1 unspecified atom stereocenters. The number of likely N-dealkylation sites (N-methyl/N-ethyl adjacent to an activating group) is 1. The van der Waals surface area contributed by atoms with Crippen LogP contribution < -0.4 is 5.32 Å². The molecule has 0 aromatic heterocycles. The number of phenols is 1. The summed E-state index contributed by atoms with van der Waals surface area (Å²) in [7, 11) is 1.76. The standard InChI is InChI=1S/C10H12N2O2/c1-12-6-9(11-10(12)14)7-2-4-8(13)5-3-7/h2-5,9,13H,6H2,1H3,(H,11,14). The maximum absolute atomic E-state index is 11.2. The van der Waals surface area contributed by atoms with Crippen molar-refractivity contribution >= 4 is 6.03 Å². The van der Waals surface area contributed by atoms with E-state index in [-0.39, 0.29) is 17.8 Å². The third-order valence-corrected chi connectivity index (χ3v) is 2.40. The van der Waals surface area contributed by atoms with Crippen LogP contribution >= 0.6 is 0 Å². The Balaban J connectivity index is 2.17. The van der Waals surface area contributed by atoms with Gasteiger partial charge >= 0.3 is 6.03 Å². The third kappa shape index (κ3) is 1.51. The van der Waals surface area contributed by atoms with Gasteiger partial charge in [0.2, 0.25) is 0 Å². The first-order chi connectivity index (χ1) is 6.66. The lowest BCUT2D eigenvalue weighted by atomic mass is 10.1. The van der Waals surface area contributed by atoms with E-state index in [9.17, 15) is 4.79 Å². The van der Waals surface area contributed by atoms with Gasteiger partial charge in [-0.05, 0) is 17.7 Å². The van der Waals surface area contributed by atoms with E-state index in [1.807, 2.05) is 12.1 Å². The number of urea groups is 1. The minimum Gasteiger partial charge on any atom is -0.508 e. The maximum atomic E-state index is 11.2. The minimum atomic E-state index is -0.0527. The predicted molar refractivity (Wildman–Crippen MR) is 52.0 cm³/mol. The number of hydrogen-bond acceptors (Lipinski definition) is 2. The summed E-state index contributed by atoms with van der Waals surface area (Å²) in [6.45, 7) is 0.670. The molecule has 1 aliphatic heterocycles. The molecule has 2 N–H and O–H groups in total. The molecule has 0 saturated carbocycles. The fourth-order valence-electron chi connectivity index (χ4n) is 1.56. The summed E-state index contributed by atoms with van der Waals surface area (Å²) >= 11 is 0. The molecule has 2 amide bonds. The summed E-state index contributed by atoms with van der Waals surface area (Å²) in [6, 6.07) is 6.87. The molecule has 2 rings (SSSR count). The summed E-state index contributed by atoms with van der Waals surface area (Å²) in [5.41, 5.74) is 1.01. The van der Waals surface area contributed by atoms with Crippen molar-refractivity contribution in [2.24, 2.45) is 0 Å². The van der Waals surface area contributed by atoms with Crippen LogP contribution in [0.1, 0.15) is 11.6 Å². The Bertz CT molecular complexity index is 348. The average Bonchev–Trinajstić information content (AvgIpc) is 2.48. The fraction of sp³-hybridized carbons (Fsp3) is 0.300. The summed E-state index contributed by atoms with van der Waals surface area (Å²) < 4.78 is 0.